The summed E-state index contributed by atoms with van der Waals surface area (Å²) >= 11 is 1.73. The number of fused-ring (bicyclic) bond motifs is 1. The van der Waals surface area contributed by atoms with Gasteiger partial charge in [-0.25, -0.2) is 4.98 Å². The van der Waals surface area contributed by atoms with Crippen LogP contribution in [0.25, 0.3) is 0 Å². The molecule has 0 aromatic carbocycles. The lowest BCUT2D eigenvalue weighted by Crippen LogP contribution is -2.46. The number of imidazole rings is 1. The highest BCUT2D eigenvalue weighted by Crippen LogP contribution is 2.34. The highest BCUT2D eigenvalue weighted by atomic mass is 32.1. The number of nitrogens with one attached hydrogen (secondary N) is 1. The smallest absolute Gasteiger partial charge is 0.226 e. The molecular weight excluding hydrogens is 332 g/mol. The molecule has 25 heavy (non-hydrogen) atoms. The number of carbonyl (C=O) groups excluding carboxylic acids is 1. The van der Waals surface area contributed by atoms with Crippen LogP contribution in [-0.2, 0) is 24.2 Å². The zero-order valence-corrected chi connectivity index (χ0v) is 15.6. The number of hydrogen-bond donors (Lipinski definition) is 1. The topological polar surface area (TPSA) is 50.2 Å². The molecule has 0 unspecified atom stereocenters. The van der Waals surface area contributed by atoms with Crippen LogP contribution < -0.4 is 5.32 Å². The maximum atomic E-state index is 12.2. The fourth-order valence-electron chi connectivity index (χ4n) is 3.87. The van der Waals surface area contributed by atoms with E-state index < -0.39 is 0 Å². The number of amides is 1. The van der Waals surface area contributed by atoms with Gasteiger partial charge in [0, 0.05) is 36.8 Å². The normalized spacial score (nSPS) is 20.9. The van der Waals surface area contributed by atoms with Gasteiger partial charge in [0.25, 0.3) is 0 Å². The molecule has 2 aliphatic rings. The van der Waals surface area contributed by atoms with Crippen LogP contribution in [0, 0.1) is 0 Å². The van der Waals surface area contributed by atoms with Crippen LogP contribution in [-0.4, -0.2) is 39.5 Å². The number of thiophene rings is 1. The largest absolute Gasteiger partial charge is 0.355 e. The molecule has 3 heterocycles. The van der Waals surface area contributed by atoms with Gasteiger partial charge in [-0.15, -0.1) is 11.3 Å². The number of rotatable bonds is 6. The Labute approximate surface area is 153 Å². The molecule has 134 valence electrons. The van der Waals surface area contributed by atoms with Gasteiger partial charge in [-0.05, 0) is 37.6 Å². The third kappa shape index (κ3) is 3.65. The zero-order chi connectivity index (χ0) is 17.2. The van der Waals surface area contributed by atoms with Crippen LogP contribution in [0.15, 0.2) is 23.7 Å². The van der Waals surface area contributed by atoms with E-state index in [1.807, 2.05) is 6.07 Å². The molecule has 1 atom stereocenters. The second-order valence-corrected chi connectivity index (χ2v) is 8.17. The van der Waals surface area contributed by atoms with Crippen LogP contribution in [0.5, 0.6) is 0 Å². The summed E-state index contributed by atoms with van der Waals surface area (Å²) < 4.78 is 2.24. The van der Waals surface area contributed by atoms with E-state index in [9.17, 15) is 4.79 Å². The average Bonchev–Trinajstić information content (AvgIpc) is 3.18. The molecule has 0 bridgehead atoms. The van der Waals surface area contributed by atoms with Crippen molar-refractivity contribution >= 4 is 17.2 Å². The van der Waals surface area contributed by atoms with Crippen LogP contribution in [0.3, 0.4) is 0 Å². The summed E-state index contributed by atoms with van der Waals surface area (Å²) in [6.07, 6.45) is 7.36. The minimum atomic E-state index is 0.0653. The lowest BCUT2D eigenvalue weighted by molar-refractivity contribution is -0.120. The van der Waals surface area contributed by atoms with Gasteiger partial charge >= 0.3 is 0 Å². The minimum Gasteiger partial charge on any atom is -0.355 e. The fourth-order valence-corrected chi connectivity index (χ4v) is 4.58. The van der Waals surface area contributed by atoms with E-state index in [1.54, 1.807) is 11.3 Å². The van der Waals surface area contributed by atoms with E-state index in [1.165, 1.54) is 24.1 Å². The van der Waals surface area contributed by atoms with E-state index in [2.05, 4.69) is 39.4 Å². The predicted molar refractivity (Wildman–Crippen MR) is 99.7 cm³/mol. The summed E-state index contributed by atoms with van der Waals surface area (Å²) in [4.78, 5) is 20.9. The molecule has 1 amide bonds. The SMILES string of the molecule is C[C@@H]1c2nc(CC(=O)NCCc3cccs3)cn2CCN1C1CCC1. The van der Waals surface area contributed by atoms with Gasteiger partial charge in [0.05, 0.1) is 18.2 Å². The Kier molecular flexibility index (Phi) is 4.90. The fraction of sp³-hybridized carbons (Fsp3) is 0.579. The third-order valence-electron chi connectivity index (χ3n) is 5.49. The van der Waals surface area contributed by atoms with Crippen molar-refractivity contribution in [1.29, 1.82) is 0 Å². The molecule has 0 spiro atoms. The molecule has 1 saturated carbocycles. The first-order chi connectivity index (χ1) is 12.2. The monoisotopic (exact) mass is 358 g/mol. The van der Waals surface area contributed by atoms with Crippen molar-refractivity contribution in [2.24, 2.45) is 0 Å². The second-order valence-electron chi connectivity index (χ2n) is 7.14. The van der Waals surface area contributed by atoms with Gasteiger partial charge in [0.1, 0.15) is 5.82 Å². The third-order valence-corrected chi connectivity index (χ3v) is 6.42. The van der Waals surface area contributed by atoms with Gasteiger partial charge in [0.15, 0.2) is 0 Å². The number of nitrogens with zero attached hydrogens (tertiary/aromatic N) is 3. The molecular formula is C19H26N4OS. The van der Waals surface area contributed by atoms with Crippen molar-refractivity contribution in [2.45, 2.75) is 57.7 Å². The lowest BCUT2D eigenvalue weighted by atomic mass is 9.90. The summed E-state index contributed by atoms with van der Waals surface area (Å²) in [5.41, 5.74) is 0.894. The molecule has 1 N–H and O–H groups in total. The second kappa shape index (κ2) is 7.30. The van der Waals surface area contributed by atoms with E-state index in [0.29, 0.717) is 19.0 Å². The molecule has 1 aliphatic heterocycles. The number of hydrogen-bond acceptors (Lipinski definition) is 4. The van der Waals surface area contributed by atoms with Crippen molar-refractivity contribution in [3.63, 3.8) is 0 Å². The highest BCUT2D eigenvalue weighted by molar-refractivity contribution is 7.09. The van der Waals surface area contributed by atoms with E-state index in [-0.39, 0.29) is 5.91 Å². The molecule has 6 heteroatoms. The van der Waals surface area contributed by atoms with Gasteiger partial charge in [-0.2, -0.15) is 0 Å². The average molecular weight is 359 g/mol. The molecule has 2 aromatic heterocycles. The zero-order valence-electron chi connectivity index (χ0n) is 14.8. The first kappa shape index (κ1) is 16.8. The molecule has 5 nitrogen and oxygen atoms in total. The van der Waals surface area contributed by atoms with Crippen molar-refractivity contribution in [2.75, 3.05) is 13.1 Å². The quantitative estimate of drug-likeness (QED) is 0.864. The molecule has 0 saturated heterocycles. The Morgan fingerprint density at radius 2 is 2.28 bits per heavy atom. The molecule has 4 rings (SSSR count). The highest BCUT2D eigenvalue weighted by Gasteiger charge is 2.34. The summed E-state index contributed by atoms with van der Waals surface area (Å²) in [5, 5.41) is 5.08. The summed E-state index contributed by atoms with van der Waals surface area (Å²) in [7, 11) is 0. The van der Waals surface area contributed by atoms with Crippen molar-refractivity contribution in [3.05, 3.63) is 40.1 Å². The Hall–Kier alpha value is -1.66. The predicted octanol–water partition coefficient (Wildman–Crippen LogP) is 2.78. The standard InChI is InChI=1S/C19H26N4OS/c1-14-19-21-15(12-18(24)20-8-7-17-6-3-11-25-17)13-22(19)9-10-23(14)16-4-2-5-16/h3,6,11,13-14,16H,2,4-5,7-10,12H2,1H3,(H,20,24)/t14-/m1/s1. The number of carbonyl (C=O) groups is 1. The van der Waals surface area contributed by atoms with Crippen molar-refractivity contribution in [1.82, 2.24) is 19.8 Å². The number of aromatic nitrogens is 2. The summed E-state index contributed by atoms with van der Waals surface area (Å²) in [6.45, 7) is 5.03. The van der Waals surface area contributed by atoms with E-state index >= 15 is 0 Å². The maximum absolute atomic E-state index is 12.2. The summed E-state index contributed by atoms with van der Waals surface area (Å²) in [5.74, 6) is 1.19. The van der Waals surface area contributed by atoms with Crippen LogP contribution in [0.4, 0.5) is 0 Å². The first-order valence-corrected chi connectivity index (χ1v) is 10.2. The van der Waals surface area contributed by atoms with Gasteiger partial charge < -0.3 is 9.88 Å². The van der Waals surface area contributed by atoms with E-state index in [4.69, 9.17) is 4.98 Å². The van der Waals surface area contributed by atoms with Crippen LogP contribution in [0.2, 0.25) is 0 Å². The lowest BCUT2D eigenvalue weighted by Gasteiger charge is -2.43. The van der Waals surface area contributed by atoms with Crippen molar-refractivity contribution < 1.29 is 4.79 Å². The van der Waals surface area contributed by atoms with Crippen molar-refractivity contribution in [3.8, 4) is 0 Å². The maximum Gasteiger partial charge on any atom is 0.226 e. The Bertz CT molecular complexity index is 720. The first-order valence-electron chi connectivity index (χ1n) is 9.31. The van der Waals surface area contributed by atoms with Gasteiger partial charge in [-0.3, -0.25) is 9.69 Å². The molecule has 2 aromatic rings. The molecule has 0 radical (unpaired) electrons. The van der Waals surface area contributed by atoms with Crippen LogP contribution in [0.1, 0.15) is 48.6 Å². The Morgan fingerprint density at radius 1 is 1.40 bits per heavy atom. The Balaban J connectivity index is 1.32. The molecule has 1 aliphatic carbocycles. The van der Waals surface area contributed by atoms with Gasteiger partial charge in [-0.1, -0.05) is 12.5 Å². The van der Waals surface area contributed by atoms with Crippen LogP contribution >= 0.6 is 11.3 Å². The minimum absolute atomic E-state index is 0.0653. The van der Waals surface area contributed by atoms with E-state index in [0.717, 1.165) is 37.1 Å². The van der Waals surface area contributed by atoms with Gasteiger partial charge in [0.2, 0.25) is 5.91 Å². The summed E-state index contributed by atoms with van der Waals surface area (Å²) in [6, 6.07) is 5.25. The molecule has 1 fully saturated rings. The Morgan fingerprint density at radius 3 is 3.00 bits per heavy atom.